The molecule has 0 saturated carbocycles. The van der Waals surface area contributed by atoms with Crippen LogP contribution in [0.25, 0.3) is 0 Å². The Morgan fingerprint density at radius 2 is 1.87 bits per heavy atom. The third-order valence-electron chi connectivity index (χ3n) is 4.81. The van der Waals surface area contributed by atoms with Gasteiger partial charge in [-0.25, -0.2) is 0 Å². The van der Waals surface area contributed by atoms with Gasteiger partial charge in [-0.15, -0.1) is 0 Å². The van der Waals surface area contributed by atoms with E-state index in [1.165, 1.54) is 5.56 Å². The quantitative estimate of drug-likeness (QED) is 0.927. The summed E-state index contributed by atoms with van der Waals surface area (Å²) in [6, 6.07) is 17.7. The Balaban J connectivity index is 1.86. The summed E-state index contributed by atoms with van der Waals surface area (Å²) < 4.78 is 0. The Bertz CT molecular complexity index is 686. The molecule has 2 atom stereocenters. The molecule has 120 valence electrons. The second-order valence-electron chi connectivity index (χ2n) is 6.47. The van der Waals surface area contributed by atoms with E-state index < -0.39 is 17.3 Å². The fourth-order valence-electron chi connectivity index (χ4n) is 3.53. The normalized spacial score (nSPS) is 24.7. The molecule has 0 aliphatic carbocycles. The van der Waals surface area contributed by atoms with Crippen LogP contribution < -0.4 is 0 Å². The summed E-state index contributed by atoms with van der Waals surface area (Å²) in [6.45, 7) is 4.09. The first-order valence-electron chi connectivity index (χ1n) is 7.74. The van der Waals surface area contributed by atoms with Crippen molar-refractivity contribution in [1.82, 2.24) is 4.90 Å². The molecule has 2 aromatic rings. The van der Waals surface area contributed by atoms with Gasteiger partial charge in [0.2, 0.25) is 0 Å². The Kier molecular flexibility index (Phi) is 4.42. The van der Waals surface area contributed by atoms with Crippen LogP contribution in [0.1, 0.15) is 18.1 Å². The predicted molar refractivity (Wildman–Crippen MR) is 91.6 cm³/mol. The molecule has 23 heavy (non-hydrogen) atoms. The molecule has 0 unspecified atom stereocenters. The molecule has 2 aromatic carbocycles. The highest BCUT2D eigenvalue weighted by molar-refractivity contribution is 6.30. The van der Waals surface area contributed by atoms with Gasteiger partial charge >= 0.3 is 5.97 Å². The van der Waals surface area contributed by atoms with Crippen molar-refractivity contribution in [2.24, 2.45) is 5.92 Å². The summed E-state index contributed by atoms with van der Waals surface area (Å²) in [4.78, 5) is 14.0. The van der Waals surface area contributed by atoms with Gasteiger partial charge in [-0.2, -0.15) is 0 Å². The molecule has 0 radical (unpaired) electrons. The molecule has 3 rings (SSSR count). The molecule has 1 N–H and O–H groups in total. The first-order valence-corrected chi connectivity index (χ1v) is 8.12. The van der Waals surface area contributed by atoms with E-state index >= 15 is 0 Å². The van der Waals surface area contributed by atoms with Gasteiger partial charge in [-0.3, -0.25) is 9.69 Å². The topological polar surface area (TPSA) is 40.5 Å². The zero-order valence-corrected chi connectivity index (χ0v) is 13.8. The van der Waals surface area contributed by atoms with E-state index in [4.69, 9.17) is 11.6 Å². The highest BCUT2D eigenvalue weighted by Crippen LogP contribution is 2.40. The summed E-state index contributed by atoms with van der Waals surface area (Å²) in [7, 11) is 0. The van der Waals surface area contributed by atoms with E-state index in [0.29, 0.717) is 11.6 Å². The number of nitrogens with zero attached hydrogens (tertiary/aromatic N) is 1. The largest absolute Gasteiger partial charge is 0.481 e. The SMILES string of the molecule is C[C@@]1(c2ccc(Cl)cc2)CN(Cc2ccccc2)C[C@H]1C(=O)O. The van der Waals surface area contributed by atoms with Gasteiger partial charge in [0, 0.05) is 30.1 Å². The van der Waals surface area contributed by atoms with Crippen molar-refractivity contribution in [1.29, 1.82) is 0 Å². The van der Waals surface area contributed by atoms with Crippen LogP contribution >= 0.6 is 11.6 Å². The number of hydrogen-bond donors (Lipinski definition) is 1. The monoisotopic (exact) mass is 329 g/mol. The maximum Gasteiger partial charge on any atom is 0.308 e. The minimum Gasteiger partial charge on any atom is -0.481 e. The van der Waals surface area contributed by atoms with Crippen LogP contribution in [0, 0.1) is 5.92 Å². The van der Waals surface area contributed by atoms with Crippen molar-refractivity contribution >= 4 is 17.6 Å². The molecule has 1 aliphatic rings. The smallest absolute Gasteiger partial charge is 0.308 e. The predicted octanol–water partition coefficient (Wildman–Crippen LogP) is 3.81. The molecular formula is C19H20ClNO2. The van der Waals surface area contributed by atoms with Crippen molar-refractivity contribution in [2.75, 3.05) is 13.1 Å². The minimum atomic E-state index is -0.738. The van der Waals surface area contributed by atoms with Crippen LogP contribution in [0.4, 0.5) is 0 Å². The van der Waals surface area contributed by atoms with Gasteiger partial charge in [0.25, 0.3) is 0 Å². The Labute approximate surface area is 141 Å². The van der Waals surface area contributed by atoms with Crippen LogP contribution in [0.5, 0.6) is 0 Å². The van der Waals surface area contributed by atoms with E-state index in [1.807, 2.05) is 49.4 Å². The van der Waals surface area contributed by atoms with Crippen LogP contribution in [-0.2, 0) is 16.8 Å². The molecular weight excluding hydrogens is 310 g/mol. The molecule has 1 aliphatic heterocycles. The van der Waals surface area contributed by atoms with Gasteiger partial charge in [-0.1, -0.05) is 61.0 Å². The molecule has 3 nitrogen and oxygen atoms in total. The van der Waals surface area contributed by atoms with Crippen LogP contribution in [-0.4, -0.2) is 29.1 Å². The summed E-state index contributed by atoms with van der Waals surface area (Å²) in [5.74, 6) is -1.16. The number of benzene rings is 2. The number of rotatable bonds is 4. The number of carboxylic acids is 1. The van der Waals surface area contributed by atoms with E-state index in [-0.39, 0.29) is 0 Å². The van der Waals surface area contributed by atoms with Gasteiger partial charge < -0.3 is 5.11 Å². The van der Waals surface area contributed by atoms with Crippen molar-refractivity contribution in [2.45, 2.75) is 18.9 Å². The number of carboxylic acid groups (broad SMARTS) is 1. The zero-order valence-electron chi connectivity index (χ0n) is 13.1. The van der Waals surface area contributed by atoms with Crippen molar-refractivity contribution in [3.63, 3.8) is 0 Å². The summed E-state index contributed by atoms with van der Waals surface area (Å²) >= 11 is 5.97. The lowest BCUT2D eigenvalue weighted by molar-refractivity contribution is -0.142. The molecule has 0 aromatic heterocycles. The standard InChI is InChI=1S/C19H20ClNO2/c1-19(15-7-9-16(20)10-8-15)13-21(12-17(19)18(22)23)11-14-5-3-2-4-6-14/h2-10,17H,11-13H2,1H3,(H,22,23)/t17-,19-/m0/s1. The number of carbonyl (C=O) groups is 1. The average molecular weight is 330 g/mol. The lowest BCUT2D eigenvalue weighted by Gasteiger charge is -2.29. The Hall–Kier alpha value is -1.84. The summed E-state index contributed by atoms with van der Waals surface area (Å²) in [6.07, 6.45) is 0. The minimum absolute atomic E-state index is 0.412. The molecule has 1 fully saturated rings. The van der Waals surface area contributed by atoms with E-state index in [0.717, 1.165) is 18.7 Å². The average Bonchev–Trinajstić information content (AvgIpc) is 2.87. The number of likely N-dealkylation sites (tertiary alicyclic amines) is 1. The third kappa shape index (κ3) is 3.26. The molecule has 4 heteroatoms. The molecule has 1 heterocycles. The van der Waals surface area contributed by atoms with Gasteiger partial charge in [0.1, 0.15) is 0 Å². The summed E-state index contributed by atoms with van der Waals surface area (Å²) in [5.41, 5.74) is 1.83. The highest BCUT2D eigenvalue weighted by atomic mass is 35.5. The van der Waals surface area contributed by atoms with E-state index in [9.17, 15) is 9.90 Å². The maximum absolute atomic E-state index is 11.8. The number of aliphatic carboxylic acids is 1. The number of halogens is 1. The zero-order chi connectivity index (χ0) is 16.4. The molecule has 0 spiro atoms. The first-order chi connectivity index (χ1) is 11.0. The second kappa shape index (κ2) is 6.34. The van der Waals surface area contributed by atoms with E-state index in [1.54, 1.807) is 0 Å². The highest BCUT2D eigenvalue weighted by Gasteiger charge is 2.47. The molecule has 0 amide bonds. The fraction of sp³-hybridized carbons (Fsp3) is 0.316. The second-order valence-corrected chi connectivity index (χ2v) is 6.91. The molecule has 0 bridgehead atoms. The van der Waals surface area contributed by atoms with Crippen LogP contribution in [0.3, 0.4) is 0 Å². The third-order valence-corrected chi connectivity index (χ3v) is 5.06. The lowest BCUT2D eigenvalue weighted by atomic mass is 9.74. The van der Waals surface area contributed by atoms with Gasteiger partial charge in [0.05, 0.1) is 5.92 Å². The summed E-state index contributed by atoms with van der Waals surface area (Å²) in [5, 5.41) is 10.4. The Morgan fingerprint density at radius 3 is 2.48 bits per heavy atom. The first kappa shape index (κ1) is 16.0. The van der Waals surface area contributed by atoms with E-state index in [2.05, 4.69) is 17.0 Å². The maximum atomic E-state index is 11.8. The van der Waals surface area contributed by atoms with Gasteiger partial charge in [0.15, 0.2) is 0 Å². The molecule has 1 saturated heterocycles. The van der Waals surface area contributed by atoms with Crippen molar-refractivity contribution in [3.8, 4) is 0 Å². The van der Waals surface area contributed by atoms with Crippen molar-refractivity contribution < 1.29 is 9.90 Å². The Morgan fingerprint density at radius 1 is 1.22 bits per heavy atom. The van der Waals surface area contributed by atoms with Gasteiger partial charge in [-0.05, 0) is 23.3 Å². The fourth-order valence-corrected chi connectivity index (χ4v) is 3.66. The number of hydrogen-bond acceptors (Lipinski definition) is 2. The lowest BCUT2D eigenvalue weighted by Crippen LogP contribution is -2.36. The van der Waals surface area contributed by atoms with Crippen molar-refractivity contribution in [3.05, 3.63) is 70.7 Å². The van der Waals surface area contributed by atoms with Crippen LogP contribution in [0.15, 0.2) is 54.6 Å². The van der Waals surface area contributed by atoms with Crippen LogP contribution in [0.2, 0.25) is 5.02 Å².